The first-order valence-corrected chi connectivity index (χ1v) is 9.19. The molecule has 0 saturated heterocycles. The molecule has 25 heavy (non-hydrogen) atoms. The Morgan fingerprint density at radius 2 is 0.920 bits per heavy atom. The third-order valence-corrected chi connectivity index (χ3v) is 4.38. The van der Waals surface area contributed by atoms with E-state index in [1.165, 1.54) is 22.5 Å². The lowest BCUT2D eigenvalue weighted by molar-refractivity contribution is 0.581. The molecule has 0 fully saturated rings. The van der Waals surface area contributed by atoms with Gasteiger partial charge < -0.3 is 26.6 Å². The van der Waals surface area contributed by atoms with E-state index in [4.69, 9.17) is 0 Å². The first-order valence-electron chi connectivity index (χ1n) is 9.19. The molecule has 0 unspecified atom stereocenters. The Morgan fingerprint density at radius 3 is 1.44 bits per heavy atom. The Hall–Kier alpha value is -2.08. The molecule has 0 atom stereocenters. The molecule has 0 bridgehead atoms. The molecule has 1 heterocycles. The van der Waals surface area contributed by atoms with Crippen LogP contribution >= 0.6 is 0 Å². The third kappa shape index (κ3) is 5.74. The van der Waals surface area contributed by atoms with Gasteiger partial charge in [0, 0.05) is 63.7 Å². The molecule has 1 aliphatic heterocycles. The maximum Gasteiger partial charge on any atom is 0.0386 e. The molecule has 0 aliphatic carbocycles. The van der Waals surface area contributed by atoms with E-state index in [0.717, 1.165) is 52.4 Å². The number of fused-ring (bicyclic) bond motifs is 2. The van der Waals surface area contributed by atoms with Gasteiger partial charge in [-0.25, -0.2) is 0 Å². The number of rotatable bonds is 0. The molecule has 3 rings (SSSR count). The average Bonchev–Trinajstić information content (AvgIpc) is 2.65. The zero-order chi connectivity index (χ0) is 17.2. The average molecular weight is 339 g/mol. The quantitative estimate of drug-likeness (QED) is 0.508. The van der Waals surface area contributed by atoms with Gasteiger partial charge in [0.15, 0.2) is 0 Å². The molecule has 134 valence electrons. The molecule has 5 N–H and O–H groups in total. The highest BCUT2D eigenvalue weighted by molar-refractivity contribution is 5.53. The predicted octanol–water partition coefficient (Wildman–Crippen LogP) is 1.99. The van der Waals surface area contributed by atoms with Gasteiger partial charge in [0.25, 0.3) is 0 Å². The minimum absolute atomic E-state index is 0.888. The van der Waals surface area contributed by atoms with Crippen molar-refractivity contribution in [1.29, 1.82) is 0 Å². The van der Waals surface area contributed by atoms with Crippen LogP contribution in [0.5, 0.6) is 0 Å². The number of anilines is 2. The van der Waals surface area contributed by atoms with Crippen molar-refractivity contribution in [2.24, 2.45) is 0 Å². The van der Waals surface area contributed by atoms with E-state index in [-0.39, 0.29) is 0 Å². The number of para-hydroxylation sites is 2. The first kappa shape index (κ1) is 17.7. The van der Waals surface area contributed by atoms with E-state index in [9.17, 15) is 0 Å². The fourth-order valence-electron chi connectivity index (χ4n) is 3.01. The summed E-state index contributed by atoms with van der Waals surface area (Å²) in [5.41, 5.74) is 5.05. The maximum atomic E-state index is 3.55. The van der Waals surface area contributed by atoms with Crippen LogP contribution in [0.15, 0.2) is 48.5 Å². The van der Waals surface area contributed by atoms with Gasteiger partial charge in [0.2, 0.25) is 0 Å². The fraction of sp³-hybridized carbons (Fsp3) is 0.400. The summed E-state index contributed by atoms with van der Waals surface area (Å²) < 4.78 is 0. The summed E-state index contributed by atoms with van der Waals surface area (Å²) >= 11 is 0. The molecule has 5 nitrogen and oxygen atoms in total. The van der Waals surface area contributed by atoms with Gasteiger partial charge in [-0.05, 0) is 23.3 Å². The van der Waals surface area contributed by atoms with E-state index in [0.29, 0.717) is 0 Å². The summed E-state index contributed by atoms with van der Waals surface area (Å²) in [6.07, 6.45) is 0. The maximum absolute atomic E-state index is 3.55. The predicted molar refractivity (Wildman–Crippen MR) is 106 cm³/mol. The highest BCUT2D eigenvalue weighted by Gasteiger charge is 2.03. The van der Waals surface area contributed by atoms with Crippen molar-refractivity contribution in [2.45, 2.75) is 13.1 Å². The molecule has 2 aromatic rings. The van der Waals surface area contributed by atoms with Gasteiger partial charge in [0.05, 0.1) is 0 Å². The van der Waals surface area contributed by atoms with Crippen LogP contribution < -0.4 is 26.6 Å². The minimum Gasteiger partial charge on any atom is -0.383 e. The SMILES string of the molecule is c1ccc2c(c1)CNCCNCCNCc1ccccc1NCCN2. The van der Waals surface area contributed by atoms with Gasteiger partial charge in [-0.1, -0.05) is 36.4 Å². The number of hydrogen-bond donors (Lipinski definition) is 5. The minimum atomic E-state index is 0.888. The Bertz CT molecular complexity index is 588. The van der Waals surface area contributed by atoms with Crippen molar-refractivity contribution >= 4 is 11.4 Å². The molecule has 0 radical (unpaired) electrons. The lowest BCUT2D eigenvalue weighted by atomic mass is 10.1. The molecule has 5 heteroatoms. The number of benzene rings is 2. The molecule has 0 spiro atoms. The summed E-state index contributed by atoms with van der Waals surface area (Å²) in [5.74, 6) is 0. The zero-order valence-electron chi connectivity index (χ0n) is 14.8. The Kier molecular flexibility index (Phi) is 7.12. The van der Waals surface area contributed by atoms with Gasteiger partial charge in [-0.15, -0.1) is 0 Å². The Labute approximate surface area is 150 Å². The van der Waals surface area contributed by atoms with Crippen molar-refractivity contribution in [2.75, 3.05) is 49.9 Å². The van der Waals surface area contributed by atoms with Gasteiger partial charge in [-0.2, -0.15) is 0 Å². The summed E-state index contributed by atoms with van der Waals surface area (Å²) in [5, 5.41) is 17.6. The van der Waals surface area contributed by atoms with Crippen LogP contribution in [0.4, 0.5) is 11.4 Å². The molecule has 1 aliphatic rings. The van der Waals surface area contributed by atoms with Crippen LogP contribution in [0.1, 0.15) is 11.1 Å². The van der Waals surface area contributed by atoms with E-state index >= 15 is 0 Å². The molecule has 2 aromatic carbocycles. The van der Waals surface area contributed by atoms with Crippen molar-refractivity contribution < 1.29 is 0 Å². The van der Waals surface area contributed by atoms with Crippen molar-refractivity contribution in [1.82, 2.24) is 16.0 Å². The van der Waals surface area contributed by atoms with E-state index < -0.39 is 0 Å². The summed E-state index contributed by atoms with van der Waals surface area (Å²) in [7, 11) is 0. The Morgan fingerprint density at radius 1 is 0.480 bits per heavy atom. The number of nitrogens with one attached hydrogen (secondary N) is 5. The molecule has 0 saturated carbocycles. The third-order valence-electron chi connectivity index (χ3n) is 4.38. The second-order valence-electron chi connectivity index (χ2n) is 6.27. The van der Waals surface area contributed by atoms with Gasteiger partial charge in [0.1, 0.15) is 0 Å². The highest BCUT2D eigenvalue weighted by Crippen LogP contribution is 2.16. The largest absolute Gasteiger partial charge is 0.383 e. The first-order chi connectivity index (χ1) is 12.4. The molecule has 0 aromatic heterocycles. The topological polar surface area (TPSA) is 60.1 Å². The lowest BCUT2D eigenvalue weighted by Gasteiger charge is -2.15. The van der Waals surface area contributed by atoms with Crippen LogP contribution in [0.2, 0.25) is 0 Å². The lowest BCUT2D eigenvalue weighted by Crippen LogP contribution is -2.32. The summed E-state index contributed by atoms with van der Waals surface area (Å²) in [6, 6.07) is 17.1. The fourth-order valence-corrected chi connectivity index (χ4v) is 3.01. The van der Waals surface area contributed by atoms with Gasteiger partial charge in [-0.3, -0.25) is 0 Å². The van der Waals surface area contributed by atoms with Gasteiger partial charge >= 0.3 is 0 Å². The Balaban J connectivity index is 1.64. The highest BCUT2D eigenvalue weighted by atomic mass is 15.0. The second kappa shape index (κ2) is 10.0. The number of hydrogen-bond acceptors (Lipinski definition) is 5. The second-order valence-corrected chi connectivity index (χ2v) is 6.27. The standard InChI is InChI=1S/C20H29N5/c1-3-7-19-17(5-1)15-22-11-9-21-10-12-23-16-18-6-2-4-8-20(18)25-14-13-24-19/h1-8,21-25H,9-16H2. The summed E-state index contributed by atoms with van der Waals surface area (Å²) in [4.78, 5) is 0. The van der Waals surface area contributed by atoms with E-state index in [1.54, 1.807) is 0 Å². The molecule has 0 amide bonds. The monoisotopic (exact) mass is 339 g/mol. The summed E-state index contributed by atoms with van der Waals surface area (Å²) in [6.45, 7) is 7.46. The van der Waals surface area contributed by atoms with E-state index in [1.807, 2.05) is 0 Å². The van der Waals surface area contributed by atoms with Crippen LogP contribution in [0.3, 0.4) is 0 Å². The normalized spacial score (nSPS) is 17.3. The van der Waals surface area contributed by atoms with Crippen LogP contribution in [-0.2, 0) is 13.1 Å². The van der Waals surface area contributed by atoms with Crippen LogP contribution in [0, 0.1) is 0 Å². The van der Waals surface area contributed by atoms with Crippen molar-refractivity contribution in [3.05, 3.63) is 59.7 Å². The van der Waals surface area contributed by atoms with Crippen LogP contribution in [-0.4, -0.2) is 39.3 Å². The zero-order valence-corrected chi connectivity index (χ0v) is 14.8. The van der Waals surface area contributed by atoms with Crippen LogP contribution in [0.25, 0.3) is 0 Å². The van der Waals surface area contributed by atoms with E-state index in [2.05, 4.69) is 75.1 Å². The van der Waals surface area contributed by atoms with Crippen molar-refractivity contribution in [3.8, 4) is 0 Å². The smallest absolute Gasteiger partial charge is 0.0386 e. The molecular weight excluding hydrogens is 310 g/mol. The van der Waals surface area contributed by atoms with Crippen molar-refractivity contribution in [3.63, 3.8) is 0 Å². The molecular formula is C20H29N5.